The van der Waals surface area contributed by atoms with Crippen molar-refractivity contribution in [1.29, 1.82) is 0 Å². The van der Waals surface area contributed by atoms with Gasteiger partial charge in [0.1, 0.15) is 0 Å². The number of amides is 2. The molecule has 0 saturated carbocycles. The van der Waals surface area contributed by atoms with Gasteiger partial charge in [-0.3, -0.25) is 0 Å². The van der Waals surface area contributed by atoms with Crippen molar-refractivity contribution in [3.8, 4) is 0 Å². The van der Waals surface area contributed by atoms with E-state index in [9.17, 15) is 4.79 Å². The lowest BCUT2D eigenvalue weighted by atomic mass is 10.0. The van der Waals surface area contributed by atoms with Gasteiger partial charge in [0.05, 0.1) is 6.04 Å². The van der Waals surface area contributed by atoms with E-state index in [4.69, 9.17) is 0 Å². The summed E-state index contributed by atoms with van der Waals surface area (Å²) in [7, 11) is 4.11. The SMILES string of the molecule is CCc1ccc(C(CNC(=O)N2CCCC2)N(C)C)cc1. The molecule has 116 valence electrons. The van der Waals surface area contributed by atoms with E-state index >= 15 is 0 Å². The second-order valence-corrected chi connectivity index (χ2v) is 5.95. The van der Waals surface area contributed by atoms with Gasteiger partial charge in [-0.05, 0) is 44.5 Å². The molecule has 1 aliphatic rings. The first-order valence-corrected chi connectivity index (χ1v) is 7.90. The van der Waals surface area contributed by atoms with Crippen LogP contribution in [0, 0.1) is 0 Å². The Morgan fingerprint density at radius 1 is 1.24 bits per heavy atom. The third-order valence-corrected chi connectivity index (χ3v) is 4.24. The molecule has 2 amide bonds. The van der Waals surface area contributed by atoms with Crippen LogP contribution in [0.1, 0.15) is 36.9 Å². The van der Waals surface area contributed by atoms with Crippen molar-refractivity contribution in [2.24, 2.45) is 0 Å². The minimum atomic E-state index is 0.0736. The minimum Gasteiger partial charge on any atom is -0.336 e. The van der Waals surface area contributed by atoms with E-state index in [0.29, 0.717) is 6.54 Å². The van der Waals surface area contributed by atoms with Crippen molar-refractivity contribution in [3.05, 3.63) is 35.4 Å². The number of nitrogens with zero attached hydrogens (tertiary/aromatic N) is 2. The minimum absolute atomic E-state index is 0.0736. The zero-order chi connectivity index (χ0) is 15.2. The number of urea groups is 1. The number of likely N-dealkylation sites (N-methyl/N-ethyl adjacent to an activating group) is 1. The van der Waals surface area contributed by atoms with Crippen LogP contribution in [0.5, 0.6) is 0 Å². The number of benzene rings is 1. The van der Waals surface area contributed by atoms with Gasteiger partial charge in [0.2, 0.25) is 0 Å². The molecule has 0 bridgehead atoms. The lowest BCUT2D eigenvalue weighted by molar-refractivity contribution is 0.202. The summed E-state index contributed by atoms with van der Waals surface area (Å²) in [6.07, 6.45) is 3.31. The highest BCUT2D eigenvalue weighted by atomic mass is 16.2. The Balaban J connectivity index is 1.96. The van der Waals surface area contributed by atoms with Crippen LogP contribution in [0.15, 0.2) is 24.3 Å². The molecule has 4 heteroatoms. The van der Waals surface area contributed by atoms with Crippen molar-refractivity contribution in [1.82, 2.24) is 15.1 Å². The van der Waals surface area contributed by atoms with Crippen LogP contribution >= 0.6 is 0 Å². The number of hydrogen-bond donors (Lipinski definition) is 1. The van der Waals surface area contributed by atoms with Gasteiger partial charge < -0.3 is 15.1 Å². The highest BCUT2D eigenvalue weighted by Gasteiger charge is 2.20. The molecule has 1 aromatic carbocycles. The maximum Gasteiger partial charge on any atom is 0.317 e. The zero-order valence-electron chi connectivity index (χ0n) is 13.4. The van der Waals surface area contributed by atoms with Crippen molar-refractivity contribution < 1.29 is 4.79 Å². The lowest BCUT2D eigenvalue weighted by Gasteiger charge is -2.26. The molecule has 2 rings (SSSR count). The maximum absolute atomic E-state index is 12.1. The standard InChI is InChI=1S/C17H27N3O/c1-4-14-7-9-15(10-8-14)16(19(2)3)13-18-17(21)20-11-5-6-12-20/h7-10,16H,4-6,11-13H2,1-3H3,(H,18,21). The number of nitrogens with one attached hydrogen (secondary N) is 1. The largest absolute Gasteiger partial charge is 0.336 e. The van der Waals surface area contributed by atoms with E-state index in [2.05, 4.69) is 55.5 Å². The molecular weight excluding hydrogens is 262 g/mol. The highest BCUT2D eigenvalue weighted by molar-refractivity contribution is 5.74. The molecule has 21 heavy (non-hydrogen) atoms. The average Bonchev–Trinajstić information content (AvgIpc) is 3.02. The zero-order valence-corrected chi connectivity index (χ0v) is 13.4. The molecule has 0 aromatic heterocycles. The summed E-state index contributed by atoms with van der Waals surface area (Å²) in [5.74, 6) is 0. The molecule has 1 aromatic rings. The van der Waals surface area contributed by atoms with Crippen molar-refractivity contribution >= 4 is 6.03 Å². The Kier molecular flexibility index (Phi) is 5.62. The summed E-state index contributed by atoms with van der Waals surface area (Å²) in [6, 6.07) is 8.98. The Bertz CT molecular complexity index is 450. The lowest BCUT2D eigenvalue weighted by Crippen LogP contribution is -2.42. The number of carbonyl (C=O) groups excluding carboxylic acids is 1. The van der Waals surface area contributed by atoms with Crippen molar-refractivity contribution in [2.45, 2.75) is 32.2 Å². The molecule has 1 heterocycles. The third kappa shape index (κ3) is 4.21. The first-order valence-electron chi connectivity index (χ1n) is 7.90. The summed E-state index contributed by atoms with van der Waals surface area (Å²) in [4.78, 5) is 16.2. The number of rotatable bonds is 5. The monoisotopic (exact) mass is 289 g/mol. The Morgan fingerprint density at radius 2 is 1.86 bits per heavy atom. The van der Waals surface area contributed by atoms with Gasteiger partial charge in [0.15, 0.2) is 0 Å². The van der Waals surface area contributed by atoms with E-state index in [1.54, 1.807) is 0 Å². The Morgan fingerprint density at radius 3 is 2.38 bits per heavy atom. The van der Waals surface area contributed by atoms with E-state index < -0.39 is 0 Å². The van der Waals surface area contributed by atoms with E-state index in [1.807, 2.05) is 4.90 Å². The van der Waals surface area contributed by atoms with Crippen molar-refractivity contribution in [3.63, 3.8) is 0 Å². The maximum atomic E-state index is 12.1. The summed E-state index contributed by atoms with van der Waals surface area (Å²) >= 11 is 0. The molecular formula is C17H27N3O. The highest BCUT2D eigenvalue weighted by Crippen LogP contribution is 2.18. The third-order valence-electron chi connectivity index (χ3n) is 4.24. The smallest absolute Gasteiger partial charge is 0.317 e. The van der Waals surface area contributed by atoms with Crippen LogP contribution in [-0.2, 0) is 6.42 Å². The first-order chi connectivity index (χ1) is 10.1. The predicted octanol–water partition coefficient (Wildman–Crippen LogP) is 2.66. The summed E-state index contributed by atoms with van der Waals surface area (Å²) in [5.41, 5.74) is 2.59. The molecule has 1 atom stereocenters. The van der Waals surface area contributed by atoms with Crippen LogP contribution < -0.4 is 5.32 Å². The number of carbonyl (C=O) groups is 1. The predicted molar refractivity (Wildman–Crippen MR) is 86.5 cm³/mol. The van der Waals surface area contributed by atoms with Gasteiger partial charge in [-0.25, -0.2) is 4.79 Å². The van der Waals surface area contributed by atoms with E-state index in [-0.39, 0.29) is 12.1 Å². The van der Waals surface area contributed by atoms with Crippen LogP contribution in [0.3, 0.4) is 0 Å². The van der Waals surface area contributed by atoms with Gasteiger partial charge in [0.25, 0.3) is 0 Å². The second-order valence-electron chi connectivity index (χ2n) is 5.95. The Hall–Kier alpha value is -1.55. The van der Waals surface area contributed by atoms with Gasteiger partial charge in [-0.15, -0.1) is 0 Å². The fraction of sp³-hybridized carbons (Fsp3) is 0.588. The van der Waals surface area contributed by atoms with Gasteiger partial charge in [-0.2, -0.15) is 0 Å². The molecule has 0 radical (unpaired) electrons. The fourth-order valence-corrected chi connectivity index (χ4v) is 2.79. The summed E-state index contributed by atoms with van der Waals surface area (Å²) in [5, 5.41) is 3.08. The molecule has 0 spiro atoms. The van der Waals surface area contributed by atoms with E-state index in [0.717, 1.165) is 32.4 Å². The number of hydrogen-bond acceptors (Lipinski definition) is 2. The molecule has 1 N–H and O–H groups in total. The van der Waals surface area contributed by atoms with Gasteiger partial charge >= 0.3 is 6.03 Å². The molecule has 1 saturated heterocycles. The molecule has 1 fully saturated rings. The first kappa shape index (κ1) is 15.8. The quantitative estimate of drug-likeness (QED) is 0.904. The second kappa shape index (κ2) is 7.46. The number of aryl methyl sites for hydroxylation is 1. The van der Waals surface area contributed by atoms with E-state index in [1.165, 1.54) is 11.1 Å². The van der Waals surface area contributed by atoms with Crippen LogP contribution in [0.2, 0.25) is 0 Å². The van der Waals surface area contributed by atoms with Crippen LogP contribution in [-0.4, -0.2) is 49.6 Å². The van der Waals surface area contributed by atoms with Crippen LogP contribution in [0.4, 0.5) is 4.79 Å². The van der Waals surface area contributed by atoms with Crippen LogP contribution in [0.25, 0.3) is 0 Å². The summed E-state index contributed by atoms with van der Waals surface area (Å²) < 4.78 is 0. The Labute approximate surface area is 128 Å². The average molecular weight is 289 g/mol. The van der Waals surface area contributed by atoms with Gasteiger partial charge in [0, 0.05) is 19.6 Å². The van der Waals surface area contributed by atoms with Gasteiger partial charge in [-0.1, -0.05) is 31.2 Å². The molecule has 1 unspecified atom stereocenters. The fourth-order valence-electron chi connectivity index (χ4n) is 2.79. The molecule has 1 aliphatic heterocycles. The normalized spacial score (nSPS) is 16.3. The number of likely N-dealkylation sites (tertiary alicyclic amines) is 1. The topological polar surface area (TPSA) is 35.6 Å². The van der Waals surface area contributed by atoms with Crippen molar-refractivity contribution in [2.75, 3.05) is 33.7 Å². The summed E-state index contributed by atoms with van der Waals surface area (Å²) in [6.45, 7) is 4.59. The molecule has 4 nitrogen and oxygen atoms in total. The molecule has 0 aliphatic carbocycles.